The molecule has 0 aliphatic carbocycles. The summed E-state index contributed by atoms with van der Waals surface area (Å²) in [6, 6.07) is 1.83. The first-order valence-electron chi connectivity index (χ1n) is 5.48. The van der Waals surface area contributed by atoms with Crippen LogP contribution < -0.4 is 10.1 Å². The SMILES string of the molecule is COCCC(NC(=O)c1ccc(OC)nn1)C(=O)O. The number of nitrogens with zero attached hydrogens (tertiary/aromatic N) is 2. The topological polar surface area (TPSA) is 111 Å². The quantitative estimate of drug-likeness (QED) is 0.699. The molecule has 8 nitrogen and oxygen atoms in total. The van der Waals surface area contributed by atoms with Gasteiger partial charge >= 0.3 is 5.97 Å². The Hall–Kier alpha value is -2.22. The summed E-state index contributed by atoms with van der Waals surface area (Å²) in [7, 11) is 2.88. The van der Waals surface area contributed by atoms with E-state index in [1.165, 1.54) is 26.4 Å². The second-order valence-electron chi connectivity index (χ2n) is 3.61. The van der Waals surface area contributed by atoms with Gasteiger partial charge in [-0.1, -0.05) is 0 Å². The van der Waals surface area contributed by atoms with E-state index in [0.717, 1.165) is 0 Å². The molecule has 8 heteroatoms. The fourth-order valence-electron chi connectivity index (χ4n) is 1.28. The third-order valence-corrected chi connectivity index (χ3v) is 2.30. The standard InChI is InChI=1S/C11H15N3O5/c1-18-6-5-8(11(16)17)12-10(15)7-3-4-9(19-2)14-13-7/h3-4,8H,5-6H2,1-2H3,(H,12,15)(H,16,17). The van der Waals surface area contributed by atoms with Crippen LogP contribution in [-0.4, -0.2) is 54.0 Å². The Morgan fingerprint density at radius 2 is 2.11 bits per heavy atom. The summed E-state index contributed by atoms with van der Waals surface area (Å²) in [6.45, 7) is 0.228. The maximum absolute atomic E-state index is 11.8. The van der Waals surface area contributed by atoms with E-state index in [0.29, 0.717) is 0 Å². The number of nitrogens with one attached hydrogen (secondary N) is 1. The smallest absolute Gasteiger partial charge is 0.326 e. The molecule has 0 fully saturated rings. The number of carbonyl (C=O) groups excluding carboxylic acids is 1. The zero-order chi connectivity index (χ0) is 14.3. The average molecular weight is 269 g/mol. The molecule has 0 aliphatic rings. The lowest BCUT2D eigenvalue weighted by molar-refractivity contribution is -0.139. The molecule has 0 spiro atoms. The molecule has 0 bridgehead atoms. The van der Waals surface area contributed by atoms with Crippen molar-refractivity contribution >= 4 is 11.9 Å². The minimum atomic E-state index is -1.13. The predicted molar refractivity (Wildman–Crippen MR) is 64.0 cm³/mol. The van der Waals surface area contributed by atoms with Gasteiger partial charge in [0.1, 0.15) is 6.04 Å². The highest BCUT2D eigenvalue weighted by molar-refractivity contribution is 5.94. The number of aliphatic carboxylic acids is 1. The van der Waals surface area contributed by atoms with Crippen molar-refractivity contribution in [1.82, 2.24) is 15.5 Å². The van der Waals surface area contributed by atoms with Crippen molar-refractivity contribution in [1.29, 1.82) is 0 Å². The van der Waals surface area contributed by atoms with Gasteiger partial charge in [-0.05, 0) is 6.07 Å². The fraction of sp³-hybridized carbons (Fsp3) is 0.455. The molecule has 1 aromatic heterocycles. The maximum Gasteiger partial charge on any atom is 0.326 e. The molecule has 0 saturated heterocycles. The molecule has 1 amide bonds. The van der Waals surface area contributed by atoms with E-state index < -0.39 is 17.9 Å². The number of hydrogen-bond acceptors (Lipinski definition) is 6. The molecule has 0 aromatic carbocycles. The molecule has 2 N–H and O–H groups in total. The van der Waals surface area contributed by atoms with Gasteiger partial charge in [-0.2, -0.15) is 0 Å². The molecule has 1 heterocycles. The Morgan fingerprint density at radius 1 is 1.37 bits per heavy atom. The lowest BCUT2D eigenvalue weighted by Crippen LogP contribution is -2.41. The van der Waals surface area contributed by atoms with Gasteiger partial charge in [0.25, 0.3) is 5.91 Å². The molecule has 0 radical (unpaired) electrons. The Morgan fingerprint density at radius 3 is 2.58 bits per heavy atom. The largest absolute Gasteiger partial charge is 0.480 e. The van der Waals surface area contributed by atoms with Gasteiger partial charge < -0.3 is 19.9 Å². The fourth-order valence-corrected chi connectivity index (χ4v) is 1.28. The number of carboxylic acid groups (broad SMARTS) is 1. The lowest BCUT2D eigenvalue weighted by Gasteiger charge is -2.13. The Balaban J connectivity index is 2.67. The molecule has 1 unspecified atom stereocenters. The molecule has 1 atom stereocenters. The van der Waals surface area contributed by atoms with Crippen LogP contribution in [0.4, 0.5) is 0 Å². The van der Waals surface area contributed by atoms with Crippen LogP contribution in [0.2, 0.25) is 0 Å². The molecule has 0 saturated carbocycles. The first-order chi connectivity index (χ1) is 9.08. The van der Waals surface area contributed by atoms with Crippen LogP contribution in [0.5, 0.6) is 5.88 Å². The summed E-state index contributed by atoms with van der Waals surface area (Å²) < 4.78 is 9.59. The first-order valence-corrected chi connectivity index (χ1v) is 5.48. The Labute approximate surface area is 109 Å². The number of rotatable bonds is 7. The minimum Gasteiger partial charge on any atom is -0.480 e. The van der Waals surface area contributed by atoms with E-state index in [1.54, 1.807) is 0 Å². The highest BCUT2D eigenvalue weighted by atomic mass is 16.5. The zero-order valence-corrected chi connectivity index (χ0v) is 10.6. The van der Waals surface area contributed by atoms with E-state index in [-0.39, 0.29) is 24.6 Å². The Kier molecular flexibility index (Phi) is 5.68. The zero-order valence-electron chi connectivity index (χ0n) is 10.6. The molecule has 0 aliphatic heterocycles. The van der Waals surface area contributed by atoms with Crippen molar-refractivity contribution in [2.75, 3.05) is 20.8 Å². The van der Waals surface area contributed by atoms with Crippen LogP contribution in [0.25, 0.3) is 0 Å². The molecule has 19 heavy (non-hydrogen) atoms. The normalized spacial score (nSPS) is 11.7. The number of ether oxygens (including phenoxy) is 2. The van der Waals surface area contributed by atoms with Crippen molar-refractivity contribution in [2.24, 2.45) is 0 Å². The van der Waals surface area contributed by atoms with Gasteiger partial charge in [0.05, 0.1) is 7.11 Å². The monoisotopic (exact) mass is 269 g/mol. The van der Waals surface area contributed by atoms with Gasteiger partial charge in [0.15, 0.2) is 5.69 Å². The number of carboxylic acids is 1. The second-order valence-corrected chi connectivity index (χ2v) is 3.61. The summed E-state index contributed by atoms with van der Waals surface area (Å²) in [5.41, 5.74) is 0.0180. The third-order valence-electron chi connectivity index (χ3n) is 2.30. The van der Waals surface area contributed by atoms with Gasteiger partial charge in [0.2, 0.25) is 5.88 Å². The van der Waals surface area contributed by atoms with E-state index in [4.69, 9.17) is 14.6 Å². The minimum absolute atomic E-state index is 0.0180. The summed E-state index contributed by atoms with van der Waals surface area (Å²) in [6.07, 6.45) is 0.168. The van der Waals surface area contributed by atoms with Crippen LogP contribution in [0, 0.1) is 0 Å². The van der Waals surface area contributed by atoms with E-state index >= 15 is 0 Å². The number of carbonyl (C=O) groups is 2. The van der Waals surface area contributed by atoms with Gasteiger partial charge in [0, 0.05) is 26.2 Å². The average Bonchev–Trinajstić information content (AvgIpc) is 2.43. The Bertz CT molecular complexity index is 434. The number of methoxy groups -OCH3 is 2. The summed E-state index contributed by atoms with van der Waals surface area (Å²) in [4.78, 5) is 22.7. The van der Waals surface area contributed by atoms with E-state index in [1.807, 2.05) is 0 Å². The van der Waals surface area contributed by atoms with Crippen molar-refractivity contribution in [2.45, 2.75) is 12.5 Å². The second kappa shape index (κ2) is 7.27. The summed E-state index contributed by atoms with van der Waals surface area (Å²) in [5, 5.41) is 18.6. The molecular weight excluding hydrogens is 254 g/mol. The van der Waals surface area contributed by atoms with Crippen molar-refractivity contribution in [3.8, 4) is 5.88 Å². The van der Waals surface area contributed by atoms with Crippen molar-refractivity contribution < 1.29 is 24.2 Å². The first kappa shape index (κ1) is 14.8. The van der Waals surface area contributed by atoms with Crippen LogP contribution >= 0.6 is 0 Å². The van der Waals surface area contributed by atoms with Crippen LogP contribution in [0.3, 0.4) is 0 Å². The van der Waals surface area contributed by atoms with Crippen LogP contribution in [-0.2, 0) is 9.53 Å². The summed E-state index contributed by atoms with van der Waals surface area (Å²) >= 11 is 0. The van der Waals surface area contributed by atoms with Crippen molar-refractivity contribution in [3.05, 3.63) is 17.8 Å². The molecule has 1 aromatic rings. The maximum atomic E-state index is 11.8. The highest BCUT2D eigenvalue weighted by Gasteiger charge is 2.21. The van der Waals surface area contributed by atoms with E-state index in [2.05, 4.69) is 15.5 Å². The van der Waals surface area contributed by atoms with Gasteiger partial charge in [-0.25, -0.2) is 4.79 Å². The molecular formula is C11H15N3O5. The lowest BCUT2D eigenvalue weighted by atomic mass is 10.2. The number of aromatic nitrogens is 2. The van der Waals surface area contributed by atoms with Gasteiger partial charge in [-0.3, -0.25) is 4.79 Å². The van der Waals surface area contributed by atoms with Crippen LogP contribution in [0.1, 0.15) is 16.9 Å². The summed E-state index contributed by atoms with van der Waals surface area (Å²) in [5.74, 6) is -1.48. The third kappa shape index (κ3) is 4.51. The van der Waals surface area contributed by atoms with Crippen molar-refractivity contribution in [3.63, 3.8) is 0 Å². The highest BCUT2D eigenvalue weighted by Crippen LogP contribution is 2.04. The van der Waals surface area contributed by atoms with Gasteiger partial charge in [-0.15, -0.1) is 10.2 Å². The van der Waals surface area contributed by atoms with E-state index in [9.17, 15) is 9.59 Å². The predicted octanol–water partition coefficient (Wildman–Crippen LogP) is -0.295. The molecule has 1 rings (SSSR count). The number of hydrogen-bond donors (Lipinski definition) is 2. The number of amides is 1. The molecule has 104 valence electrons. The van der Waals surface area contributed by atoms with Crippen LogP contribution in [0.15, 0.2) is 12.1 Å².